The molecule has 0 radical (unpaired) electrons. The van der Waals surface area contributed by atoms with E-state index >= 15 is 0 Å². The van der Waals surface area contributed by atoms with Crippen molar-refractivity contribution < 1.29 is 125 Å². The van der Waals surface area contributed by atoms with Crippen LogP contribution in [0.3, 0.4) is 0 Å². The SMILES string of the molecule is O.O.O=C(O)CCC(=O)O.O=C(O)CCC(=O)O.O=C1CCC(=O)O1.OO.[Cl][Pt+2][Cl].[Cl][Pt+2][Cl].[Cl][Pt+2][Cl].[NH2-].[NH2-].[NH2-].[NH2-].[NH2-].[NH2-]. The van der Waals surface area contributed by atoms with E-state index in [2.05, 4.69) is 4.74 Å². The second-order valence-electron chi connectivity index (χ2n) is 4.06. The van der Waals surface area contributed by atoms with Gasteiger partial charge in [-0.15, -0.1) is 0 Å². The Morgan fingerprint density at radius 2 is 0.643 bits per heavy atom. The summed E-state index contributed by atoms with van der Waals surface area (Å²) in [6, 6.07) is 0. The summed E-state index contributed by atoms with van der Waals surface area (Å²) in [6.45, 7) is 0. The van der Waals surface area contributed by atoms with Gasteiger partial charge in [0.25, 0.3) is 0 Å². The minimum atomic E-state index is -1.08. The molecule has 1 rings (SSSR count). The van der Waals surface area contributed by atoms with E-state index in [1.807, 2.05) is 0 Å². The molecule has 42 heavy (non-hydrogen) atoms. The zero-order chi connectivity index (χ0) is 28.5. The molecule has 1 fully saturated rings. The summed E-state index contributed by atoms with van der Waals surface area (Å²) in [5.41, 5.74) is 0. The standard InChI is InChI=1S/2C4H6O4.C4H4O3.6ClH.6H2N.H2O2.2H2O.3Pt/c2*5-3(6)1-2-4(7)8;5-3-1-2-4(6)7-3;;;;;;;;;;;;;1-2;;;;;/h2*1-2H2,(H,5,6)(H,7,8);1-2H2;6*1H;6*1H2;1-2H;2*1H2;;;/q;;;;;;;;;6*-1;;;;3*+4/p-6. The number of carbonyl (C=O) groups is 6. The first kappa shape index (κ1) is 90.1. The number of aliphatic carboxylic acids is 4. The van der Waals surface area contributed by atoms with E-state index in [-0.39, 0.29) is 86.4 Å². The smallest absolute Gasteiger partial charge is 0.693 e. The molecule has 0 atom stereocenters. The molecule has 0 spiro atoms. The summed E-state index contributed by atoms with van der Waals surface area (Å²) >= 11 is -1.42. The Morgan fingerprint density at radius 3 is 0.690 bits per heavy atom. The molecule has 0 bridgehead atoms. The first-order chi connectivity index (χ1) is 15.8. The average molecular weight is 1300 g/mol. The quantitative estimate of drug-likeness (QED) is 0.0714. The predicted molar refractivity (Wildman–Crippen MR) is 149 cm³/mol. The first-order valence-electron chi connectivity index (χ1n) is 7.07. The van der Waals surface area contributed by atoms with Crippen molar-refractivity contribution in [3.8, 4) is 0 Å². The fourth-order valence-electron chi connectivity index (χ4n) is 0.861. The minimum absolute atomic E-state index is 0. The largest absolute Gasteiger partial charge is 0.693 e. The van der Waals surface area contributed by atoms with E-state index in [1.165, 1.54) is 0 Å². The molecule has 0 amide bonds. The zero-order valence-corrected chi connectivity index (χ0v) is 31.8. The van der Waals surface area contributed by atoms with Crippen molar-refractivity contribution in [1.29, 1.82) is 0 Å². The molecule has 22 N–H and O–H groups in total. The minimum Gasteiger partial charge on any atom is -0.693 e. The molecule has 0 aromatic carbocycles. The van der Waals surface area contributed by atoms with Crippen LogP contribution in [0.15, 0.2) is 0 Å². The molecule has 0 saturated carbocycles. The van der Waals surface area contributed by atoms with Gasteiger partial charge in [0.2, 0.25) is 0 Å². The van der Waals surface area contributed by atoms with Gasteiger partial charge in [-0.25, -0.2) is 0 Å². The third-order valence-corrected chi connectivity index (χ3v) is 1.87. The second kappa shape index (κ2) is 83.8. The van der Waals surface area contributed by atoms with Gasteiger partial charge in [-0.2, -0.15) is 0 Å². The van der Waals surface area contributed by atoms with Crippen LogP contribution >= 0.6 is 56.5 Å². The first-order valence-corrected chi connectivity index (χ1v) is 24.0. The molecule has 1 heterocycles. The number of cyclic esters (lactones) is 2. The molecule has 0 unspecified atom stereocenters. The fraction of sp³-hybridized carbons (Fsp3) is 0.500. The van der Waals surface area contributed by atoms with Gasteiger partial charge in [0.05, 0.1) is 38.5 Å². The van der Waals surface area contributed by atoms with Crippen molar-refractivity contribution >= 4 is 92.3 Å². The molecule has 21 nitrogen and oxygen atoms in total. The number of esters is 2. The Hall–Kier alpha value is 0.425. The van der Waals surface area contributed by atoms with Crippen molar-refractivity contribution in [2.75, 3.05) is 0 Å². The van der Waals surface area contributed by atoms with Gasteiger partial charge in [0.15, 0.2) is 0 Å². The van der Waals surface area contributed by atoms with Crippen LogP contribution < -0.4 is 0 Å². The van der Waals surface area contributed by atoms with Crippen LogP contribution in [-0.2, 0) is 82.9 Å². The summed E-state index contributed by atoms with van der Waals surface area (Å²) in [4.78, 5) is 58.6. The van der Waals surface area contributed by atoms with Gasteiger partial charge in [-0.3, -0.25) is 39.3 Å². The number of hydrogen-bond donors (Lipinski definition) is 6. The topological polar surface area (TPSA) is 497 Å². The van der Waals surface area contributed by atoms with E-state index in [9.17, 15) is 28.8 Å². The van der Waals surface area contributed by atoms with Crippen LogP contribution in [0.4, 0.5) is 0 Å². The van der Waals surface area contributed by atoms with Crippen LogP contribution in [0.2, 0.25) is 0 Å². The van der Waals surface area contributed by atoms with Crippen molar-refractivity contribution in [2.45, 2.75) is 38.5 Å². The Bertz CT molecular complexity index is 498. The Kier molecular flexibility index (Phi) is 180. The Balaban J connectivity index is -0.0000000184. The van der Waals surface area contributed by atoms with Crippen molar-refractivity contribution in [1.82, 2.24) is 0 Å². The number of carboxylic acid groups (broad SMARTS) is 4. The summed E-state index contributed by atoms with van der Waals surface area (Å²) in [5.74, 6) is -5.10. The molecule has 0 aromatic rings. The van der Waals surface area contributed by atoms with Crippen LogP contribution in [0.25, 0.3) is 36.9 Å². The molecule has 0 aliphatic carbocycles. The van der Waals surface area contributed by atoms with E-state index in [0.717, 1.165) is 0 Å². The van der Waals surface area contributed by atoms with Crippen molar-refractivity contribution in [3.05, 3.63) is 36.9 Å². The molecule has 0 aromatic heterocycles. The summed E-state index contributed by atoms with van der Waals surface area (Å²) in [5, 5.41) is 43.6. The predicted octanol–water partition coefficient (Wildman–Crippen LogP) is 6.52. The molecular formula is C12H34Cl6N6O15Pt3. The number of rotatable bonds is 6. The summed E-state index contributed by atoms with van der Waals surface area (Å²) < 4.78 is 4.08. The van der Waals surface area contributed by atoms with Gasteiger partial charge in [0.1, 0.15) is 0 Å². The third-order valence-electron chi connectivity index (χ3n) is 1.87. The molecule has 1 aliphatic heterocycles. The number of halogens is 6. The summed E-state index contributed by atoms with van der Waals surface area (Å²) in [7, 11) is 29.2. The zero-order valence-electron chi connectivity index (χ0n) is 20.5. The normalized spacial score (nSPS) is 8.29. The maximum Gasteiger partial charge on any atom is -0.693 e. The number of carboxylic acids is 4. The van der Waals surface area contributed by atoms with Gasteiger partial charge in [0, 0.05) is 0 Å². The van der Waals surface area contributed by atoms with Crippen LogP contribution in [-0.4, -0.2) is 77.7 Å². The van der Waals surface area contributed by atoms with E-state index in [1.54, 1.807) is 0 Å². The Labute approximate surface area is 290 Å². The second-order valence-corrected chi connectivity index (χ2v) is 13.9. The monoisotopic (exact) mass is 1300 g/mol. The molecule has 1 aliphatic rings. The number of nitrogens with two attached hydrogens (primary N) is 6. The van der Waals surface area contributed by atoms with Gasteiger partial charge in [-0.05, 0) is 0 Å². The van der Waals surface area contributed by atoms with E-state index in [4.69, 9.17) is 87.4 Å². The average Bonchev–Trinajstić information content (AvgIpc) is 3.12. The van der Waals surface area contributed by atoms with Crippen molar-refractivity contribution in [2.24, 2.45) is 0 Å². The summed E-state index contributed by atoms with van der Waals surface area (Å²) in [6.07, 6.45) is -0.660. The van der Waals surface area contributed by atoms with E-state index in [0.29, 0.717) is 0 Å². The fourth-order valence-corrected chi connectivity index (χ4v) is 0.861. The van der Waals surface area contributed by atoms with Gasteiger partial charge < -0.3 is 73.0 Å². The number of hydrogen-bond acceptors (Lipinski definition) is 9. The van der Waals surface area contributed by atoms with Gasteiger partial charge in [-0.1, -0.05) is 0 Å². The van der Waals surface area contributed by atoms with Crippen LogP contribution in [0, 0.1) is 0 Å². The molecule has 30 heteroatoms. The van der Waals surface area contributed by atoms with E-state index < -0.39 is 85.3 Å². The Morgan fingerprint density at radius 1 is 0.524 bits per heavy atom. The van der Waals surface area contributed by atoms with Crippen LogP contribution in [0.1, 0.15) is 38.5 Å². The third kappa shape index (κ3) is 167. The molecular weight excluding hydrogens is 1270 g/mol. The molecule has 274 valence electrons. The number of ether oxygens (including phenoxy) is 1. The van der Waals surface area contributed by atoms with Crippen molar-refractivity contribution in [3.63, 3.8) is 0 Å². The molecule has 1 saturated heterocycles. The van der Waals surface area contributed by atoms with Gasteiger partial charge >= 0.3 is 142 Å². The number of carbonyl (C=O) groups excluding carboxylic acids is 2. The maximum atomic E-state index is 10.0. The van der Waals surface area contributed by atoms with Crippen LogP contribution in [0.5, 0.6) is 0 Å². The maximum absolute atomic E-state index is 10.0.